The zero-order valence-corrected chi connectivity index (χ0v) is 9.45. The van der Waals surface area contributed by atoms with Crippen LogP contribution in [0.15, 0.2) is 0 Å². The molecule has 0 aliphatic carbocycles. The van der Waals surface area contributed by atoms with Crippen molar-refractivity contribution in [2.45, 2.75) is 52.6 Å². The van der Waals surface area contributed by atoms with E-state index in [4.69, 9.17) is 9.84 Å². The standard InChI is InChI=1S/C11H22O3/c1-4-5-6-7-11(13)14-8-9(2)10(3)12/h9-10,12H,4-8H2,1-3H3. The van der Waals surface area contributed by atoms with Gasteiger partial charge in [0.1, 0.15) is 0 Å². The van der Waals surface area contributed by atoms with Gasteiger partial charge in [0, 0.05) is 12.3 Å². The number of aliphatic hydroxyl groups is 1. The molecule has 0 saturated heterocycles. The van der Waals surface area contributed by atoms with Crippen molar-refractivity contribution in [3.63, 3.8) is 0 Å². The third-order valence-corrected chi connectivity index (χ3v) is 2.32. The Balaban J connectivity index is 3.44. The Kier molecular flexibility index (Phi) is 7.48. The Labute approximate surface area is 86.5 Å². The lowest BCUT2D eigenvalue weighted by atomic mass is 10.1. The molecule has 0 aliphatic heterocycles. The van der Waals surface area contributed by atoms with E-state index in [1.165, 1.54) is 0 Å². The first kappa shape index (κ1) is 13.4. The predicted octanol–water partition coefficient (Wildman–Crippen LogP) is 2.13. The summed E-state index contributed by atoms with van der Waals surface area (Å²) in [7, 11) is 0. The molecule has 0 aromatic heterocycles. The molecule has 2 unspecified atom stereocenters. The minimum atomic E-state index is -0.418. The average Bonchev–Trinajstić information content (AvgIpc) is 2.14. The number of aliphatic hydroxyl groups excluding tert-OH is 1. The predicted molar refractivity (Wildman–Crippen MR) is 55.9 cm³/mol. The molecule has 0 amide bonds. The summed E-state index contributed by atoms with van der Waals surface area (Å²) in [5.74, 6) is -0.129. The summed E-state index contributed by atoms with van der Waals surface area (Å²) in [5.41, 5.74) is 0. The van der Waals surface area contributed by atoms with Gasteiger partial charge in [-0.05, 0) is 13.3 Å². The number of carbonyl (C=O) groups is 1. The SMILES string of the molecule is CCCCCC(=O)OCC(C)C(C)O. The average molecular weight is 202 g/mol. The summed E-state index contributed by atoms with van der Waals surface area (Å²) in [4.78, 5) is 11.1. The molecule has 0 saturated carbocycles. The smallest absolute Gasteiger partial charge is 0.305 e. The zero-order valence-electron chi connectivity index (χ0n) is 9.45. The summed E-state index contributed by atoms with van der Waals surface area (Å²) in [6, 6.07) is 0. The number of hydrogen-bond acceptors (Lipinski definition) is 3. The fourth-order valence-electron chi connectivity index (χ4n) is 0.955. The van der Waals surface area contributed by atoms with Crippen LogP contribution in [0.25, 0.3) is 0 Å². The Morgan fingerprint density at radius 1 is 1.36 bits per heavy atom. The number of unbranched alkanes of at least 4 members (excludes halogenated alkanes) is 2. The van der Waals surface area contributed by atoms with Crippen LogP contribution in [0, 0.1) is 5.92 Å². The van der Waals surface area contributed by atoms with Gasteiger partial charge in [-0.25, -0.2) is 0 Å². The van der Waals surface area contributed by atoms with E-state index in [-0.39, 0.29) is 11.9 Å². The number of carbonyl (C=O) groups excluding carboxylic acids is 1. The highest BCUT2D eigenvalue weighted by molar-refractivity contribution is 5.69. The van der Waals surface area contributed by atoms with Crippen LogP contribution in [-0.4, -0.2) is 23.8 Å². The van der Waals surface area contributed by atoms with Crippen LogP contribution in [0.3, 0.4) is 0 Å². The van der Waals surface area contributed by atoms with Crippen LogP contribution >= 0.6 is 0 Å². The van der Waals surface area contributed by atoms with Gasteiger partial charge in [-0.15, -0.1) is 0 Å². The molecule has 1 N–H and O–H groups in total. The van der Waals surface area contributed by atoms with Crippen molar-refractivity contribution in [3.05, 3.63) is 0 Å². The van der Waals surface area contributed by atoms with Crippen LogP contribution in [0.5, 0.6) is 0 Å². The Morgan fingerprint density at radius 3 is 2.50 bits per heavy atom. The lowest BCUT2D eigenvalue weighted by Crippen LogP contribution is -2.20. The largest absolute Gasteiger partial charge is 0.465 e. The molecule has 0 spiro atoms. The van der Waals surface area contributed by atoms with Crippen LogP contribution in [0.2, 0.25) is 0 Å². The van der Waals surface area contributed by atoms with Gasteiger partial charge in [0.2, 0.25) is 0 Å². The molecule has 0 rings (SSSR count). The van der Waals surface area contributed by atoms with E-state index in [1.54, 1.807) is 6.92 Å². The first-order valence-corrected chi connectivity index (χ1v) is 5.41. The van der Waals surface area contributed by atoms with E-state index in [9.17, 15) is 4.79 Å². The molecule has 3 heteroatoms. The normalized spacial score (nSPS) is 14.9. The molecule has 0 heterocycles. The molecule has 3 nitrogen and oxygen atoms in total. The van der Waals surface area contributed by atoms with Gasteiger partial charge in [0.05, 0.1) is 12.7 Å². The molecular formula is C11H22O3. The summed E-state index contributed by atoms with van der Waals surface area (Å²) in [5, 5.41) is 9.16. The number of hydrogen-bond donors (Lipinski definition) is 1. The summed E-state index contributed by atoms with van der Waals surface area (Å²) in [6.45, 7) is 5.99. The van der Waals surface area contributed by atoms with Crippen molar-refractivity contribution < 1.29 is 14.6 Å². The van der Waals surface area contributed by atoms with Gasteiger partial charge < -0.3 is 9.84 Å². The maximum Gasteiger partial charge on any atom is 0.305 e. The number of rotatable bonds is 7. The van der Waals surface area contributed by atoms with E-state index in [0.717, 1.165) is 19.3 Å². The highest BCUT2D eigenvalue weighted by Gasteiger charge is 2.11. The van der Waals surface area contributed by atoms with Gasteiger partial charge in [0.25, 0.3) is 0 Å². The monoisotopic (exact) mass is 202 g/mol. The summed E-state index contributed by atoms with van der Waals surface area (Å²) in [6.07, 6.45) is 3.16. The Morgan fingerprint density at radius 2 is 2.00 bits per heavy atom. The van der Waals surface area contributed by atoms with Gasteiger partial charge in [-0.3, -0.25) is 4.79 Å². The minimum Gasteiger partial charge on any atom is -0.465 e. The topological polar surface area (TPSA) is 46.5 Å². The maximum atomic E-state index is 11.1. The molecule has 0 aromatic rings. The highest BCUT2D eigenvalue weighted by Crippen LogP contribution is 2.05. The second-order valence-electron chi connectivity index (χ2n) is 3.86. The molecule has 0 aliphatic rings. The fourth-order valence-corrected chi connectivity index (χ4v) is 0.955. The van der Waals surface area contributed by atoms with Crippen molar-refractivity contribution in [1.29, 1.82) is 0 Å². The second kappa shape index (κ2) is 7.80. The summed E-state index contributed by atoms with van der Waals surface area (Å²) >= 11 is 0. The van der Waals surface area contributed by atoms with Crippen LogP contribution < -0.4 is 0 Å². The Hall–Kier alpha value is -0.570. The lowest BCUT2D eigenvalue weighted by Gasteiger charge is -2.14. The van der Waals surface area contributed by atoms with Crippen molar-refractivity contribution in [1.82, 2.24) is 0 Å². The second-order valence-corrected chi connectivity index (χ2v) is 3.86. The zero-order chi connectivity index (χ0) is 11.0. The quantitative estimate of drug-likeness (QED) is 0.508. The molecule has 2 atom stereocenters. The van der Waals surface area contributed by atoms with E-state index in [0.29, 0.717) is 13.0 Å². The van der Waals surface area contributed by atoms with Crippen molar-refractivity contribution in [2.24, 2.45) is 5.92 Å². The molecular weight excluding hydrogens is 180 g/mol. The fraction of sp³-hybridized carbons (Fsp3) is 0.909. The third-order valence-electron chi connectivity index (χ3n) is 2.32. The van der Waals surface area contributed by atoms with Gasteiger partial charge in [0.15, 0.2) is 0 Å². The van der Waals surface area contributed by atoms with Gasteiger partial charge in [-0.2, -0.15) is 0 Å². The van der Waals surface area contributed by atoms with E-state index in [2.05, 4.69) is 6.92 Å². The Bertz CT molecular complexity index is 155. The molecule has 0 fully saturated rings. The number of esters is 1. The molecule has 84 valence electrons. The lowest BCUT2D eigenvalue weighted by molar-refractivity contribution is -0.145. The number of ether oxygens (including phenoxy) is 1. The third kappa shape index (κ3) is 6.89. The summed E-state index contributed by atoms with van der Waals surface area (Å²) < 4.78 is 5.01. The maximum absolute atomic E-state index is 11.1. The van der Waals surface area contributed by atoms with Gasteiger partial charge in [-0.1, -0.05) is 26.7 Å². The van der Waals surface area contributed by atoms with Crippen molar-refractivity contribution >= 4 is 5.97 Å². The molecule has 0 bridgehead atoms. The van der Waals surface area contributed by atoms with Crippen LogP contribution in [-0.2, 0) is 9.53 Å². The van der Waals surface area contributed by atoms with E-state index >= 15 is 0 Å². The first-order valence-electron chi connectivity index (χ1n) is 5.41. The van der Waals surface area contributed by atoms with Crippen LogP contribution in [0.1, 0.15) is 46.5 Å². The first-order chi connectivity index (χ1) is 6.57. The molecule has 14 heavy (non-hydrogen) atoms. The van der Waals surface area contributed by atoms with Crippen molar-refractivity contribution in [2.75, 3.05) is 6.61 Å². The molecule has 0 radical (unpaired) electrons. The van der Waals surface area contributed by atoms with Crippen LogP contribution in [0.4, 0.5) is 0 Å². The van der Waals surface area contributed by atoms with Gasteiger partial charge >= 0.3 is 5.97 Å². The van der Waals surface area contributed by atoms with E-state index < -0.39 is 6.10 Å². The van der Waals surface area contributed by atoms with E-state index in [1.807, 2.05) is 6.92 Å². The molecule has 0 aromatic carbocycles. The highest BCUT2D eigenvalue weighted by atomic mass is 16.5. The minimum absolute atomic E-state index is 0.0186. The van der Waals surface area contributed by atoms with Crippen molar-refractivity contribution in [3.8, 4) is 0 Å².